The molecule has 4 rings (SSSR count). The summed E-state index contributed by atoms with van der Waals surface area (Å²) < 4.78 is 10.6. The molecule has 0 bridgehead atoms. The highest BCUT2D eigenvalue weighted by atomic mass is 32.2. The number of rotatable bonds is 7. The summed E-state index contributed by atoms with van der Waals surface area (Å²) in [6.45, 7) is 1.39. The normalized spacial score (nSPS) is 16.3. The van der Waals surface area contributed by atoms with E-state index in [0.29, 0.717) is 56.1 Å². The number of benzene rings is 2. The third-order valence-corrected chi connectivity index (χ3v) is 7.11. The van der Waals surface area contributed by atoms with Crippen LogP contribution in [0.1, 0.15) is 24.8 Å². The van der Waals surface area contributed by atoms with Gasteiger partial charge in [0.25, 0.3) is 5.91 Å². The first-order chi connectivity index (χ1) is 17.0. The van der Waals surface area contributed by atoms with Gasteiger partial charge in [-0.3, -0.25) is 4.79 Å². The van der Waals surface area contributed by atoms with E-state index in [4.69, 9.17) is 14.3 Å². The van der Waals surface area contributed by atoms with Crippen molar-refractivity contribution in [1.29, 1.82) is 0 Å². The number of nitrogens with zero attached hydrogens (tertiary/aromatic N) is 2. The third-order valence-electron chi connectivity index (χ3n) is 6.31. The second-order valence-electron chi connectivity index (χ2n) is 8.48. The van der Waals surface area contributed by atoms with Gasteiger partial charge in [-0.15, -0.1) is 11.8 Å². The van der Waals surface area contributed by atoms with Crippen molar-refractivity contribution in [2.75, 3.05) is 38.9 Å². The van der Waals surface area contributed by atoms with Gasteiger partial charge in [-0.1, -0.05) is 23.4 Å². The van der Waals surface area contributed by atoms with Crippen molar-refractivity contribution < 1.29 is 23.9 Å². The van der Waals surface area contributed by atoms with Crippen LogP contribution in [0.4, 0.5) is 10.5 Å². The number of amides is 3. The molecule has 2 aromatic carbocycles. The molecule has 0 radical (unpaired) electrons. The minimum absolute atomic E-state index is 0.131. The lowest BCUT2D eigenvalue weighted by Crippen LogP contribution is -2.48. The number of oxime groups is 1. The number of hydrogen-bond acceptors (Lipinski definition) is 7. The molecule has 0 unspecified atom stereocenters. The fraction of sp³-hybridized carbons (Fsp3) is 0.400. The number of carbonyl (C=O) groups excluding carboxylic acids is 2. The van der Waals surface area contributed by atoms with Crippen LogP contribution >= 0.6 is 11.8 Å². The second kappa shape index (κ2) is 10.9. The van der Waals surface area contributed by atoms with E-state index in [1.165, 1.54) is 0 Å². The maximum atomic E-state index is 12.8. The van der Waals surface area contributed by atoms with Gasteiger partial charge in [-0.05, 0) is 36.1 Å². The fourth-order valence-electron chi connectivity index (χ4n) is 4.25. The Bertz CT molecular complexity index is 1110. The molecule has 2 aliphatic rings. The number of piperidine rings is 1. The lowest BCUT2D eigenvalue weighted by Gasteiger charge is -2.37. The number of para-hydroxylation sites is 1. The Morgan fingerprint density at radius 2 is 1.86 bits per heavy atom. The number of thioether (sulfide) groups is 1. The fourth-order valence-corrected chi connectivity index (χ4v) is 4.80. The number of likely N-dealkylation sites (tertiary alicyclic amines) is 1. The van der Waals surface area contributed by atoms with Gasteiger partial charge < -0.3 is 29.8 Å². The number of methoxy groups -OCH3 is 2. The number of anilines is 1. The van der Waals surface area contributed by atoms with Crippen LogP contribution in [-0.4, -0.2) is 61.7 Å². The smallest absolute Gasteiger partial charge is 0.321 e. The van der Waals surface area contributed by atoms with Gasteiger partial charge in [0.15, 0.2) is 11.5 Å². The van der Waals surface area contributed by atoms with Crippen LogP contribution in [0, 0.1) is 0 Å². The Hall–Kier alpha value is -3.40. The summed E-state index contributed by atoms with van der Waals surface area (Å²) in [7, 11) is 3.15. The summed E-state index contributed by atoms with van der Waals surface area (Å²) in [5, 5.41) is 9.98. The van der Waals surface area contributed by atoms with Gasteiger partial charge in [-0.25, -0.2) is 4.79 Å². The van der Waals surface area contributed by atoms with Gasteiger partial charge in [0.05, 0.1) is 19.9 Å². The molecule has 1 spiro atoms. The number of carbonyl (C=O) groups is 2. The SMILES string of the molecule is COc1ccc(CNC(=O)C2=NOC3(CCN(C(=O)Nc4ccccc4SC)CC3)C2)cc1OC. The van der Waals surface area contributed by atoms with Gasteiger partial charge in [0, 0.05) is 43.8 Å². The first kappa shape index (κ1) is 24.7. The van der Waals surface area contributed by atoms with Crippen molar-refractivity contribution in [3.8, 4) is 11.5 Å². The topological polar surface area (TPSA) is 101 Å². The number of ether oxygens (including phenoxy) is 2. The minimum atomic E-state index is -0.538. The Kier molecular flexibility index (Phi) is 7.70. The van der Waals surface area contributed by atoms with Crippen LogP contribution in [0.15, 0.2) is 52.5 Å². The highest BCUT2D eigenvalue weighted by molar-refractivity contribution is 7.98. The lowest BCUT2D eigenvalue weighted by molar-refractivity contribution is -0.115. The van der Waals surface area contributed by atoms with Crippen molar-refractivity contribution in [3.05, 3.63) is 48.0 Å². The van der Waals surface area contributed by atoms with Crippen LogP contribution < -0.4 is 20.1 Å². The van der Waals surface area contributed by atoms with E-state index in [-0.39, 0.29) is 11.9 Å². The largest absolute Gasteiger partial charge is 0.493 e. The van der Waals surface area contributed by atoms with E-state index in [2.05, 4.69) is 15.8 Å². The lowest BCUT2D eigenvalue weighted by atomic mass is 9.87. The van der Waals surface area contributed by atoms with Crippen molar-refractivity contribution in [2.24, 2.45) is 5.16 Å². The molecular formula is C25H30N4O5S. The van der Waals surface area contributed by atoms with Crippen molar-refractivity contribution in [3.63, 3.8) is 0 Å². The first-order valence-corrected chi connectivity index (χ1v) is 12.6. The number of nitrogens with one attached hydrogen (secondary N) is 2. The molecule has 2 N–H and O–H groups in total. The van der Waals surface area contributed by atoms with E-state index in [0.717, 1.165) is 16.1 Å². The molecule has 2 heterocycles. The number of urea groups is 1. The highest BCUT2D eigenvalue weighted by Crippen LogP contribution is 2.35. The number of hydrogen-bond donors (Lipinski definition) is 2. The van der Waals surface area contributed by atoms with Gasteiger partial charge in [-0.2, -0.15) is 0 Å². The molecule has 1 saturated heterocycles. The molecular weight excluding hydrogens is 468 g/mol. The predicted octanol–water partition coefficient (Wildman–Crippen LogP) is 3.88. The molecule has 186 valence electrons. The van der Waals surface area contributed by atoms with E-state index >= 15 is 0 Å². The van der Waals surface area contributed by atoms with Crippen molar-refractivity contribution >= 4 is 35.1 Å². The Morgan fingerprint density at radius 1 is 1.11 bits per heavy atom. The molecule has 0 saturated carbocycles. The molecule has 2 aliphatic heterocycles. The summed E-state index contributed by atoms with van der Waals surface area (Å²) in [6, 6.07) is 13.1. The molecule has 0 aromatic heterocycles. The van der Waals surface area contributed by atoms with Crippen LogP contribution in [-0.2, 0) is 16.2 Å². The molecule has 0 atom stereocenters. The van der Waals surface area contributed by atoms with Crippen LogP contribution in [0.5, 0.6) is 11.5 Å². The van der Waals surface area contributed by atoms with Gasteiger partial charge in [0.1, 0.15) is 11.3 Å². The summed E-state index contributed by atoms with van der Waals surface area (Å²) in [6.07, 6.45) is 3.63. The van der Waals surface area contributed by atoms with E-state index < -0.39 is 5.60 Å². The average Bonchev–Trinajstić information content (AvgIpc) is 3.31. The quantitative estimate of drug-likeness (QED) is 0.562. The van der Waals surface area contributed by atoms with Crippen LogP contribution in [0.2, 0.25) is 0 Å². The van der Waals surface area contributed by atoms with E-state index in [9.17, 15) is 9.59 Å². The summed E-state index contributed by atoms with van der Waals surface area (Å²) in [5.74, 6) is 0.976. The Morgan fingerprint density at radius 3 is 2.57 bits per heavy atom. The molecule has 3 amide bonds. The third kappa shape index (κ3) is 5.64. The zero-order valence-corrected chi connectivity index (χ0v) is 20.9. The van der Waals surface area contributed by atoms with Crippen molar-refractivity contribution in [1.82, 2.24) is 10.2 Å². The standard InChI is InChI=1S/C25H30N4O5S/c1-32-20-9-8-17(14-21(20)33-2)16-26-23(30)19-15-25(34-28-19)10-12-29(13-11-25)24(31)27-18-6-4-5-7-22(18)35-3/h4-9,14H,10-13,15-16H2,1-3H3,(H,26,30)(H,27,31). The van der Waals surface area contributed by atoms with Crippen LogP contribution in [0.3, 0.4) is 0 Å². The maximum absolute atomic E-state index is 12.8. The summed E-state index contributed by atoms with van der Waals surface area (Å²) >= 11 is 1.59. The average molecular weight is 499 g/mol. The van der Waals surface area contributed by atoms with E-state index in [1.807, 2.05) is 42.7 Å². The molecule has 10 heteroatoms. The molecule has 9 nitrogen and oxygen atoms in total. The molecule has 35 heavy (non-hydrogen) atoms. The first-order valence-electron chi connectivity index (χ1n) is 11.4. The van der Waals surface area contributed by atoms with Crippen LogP contribution in [0.25, 0.3) is 0 Å². The zero-order chi connectivity index (χ0) is 24.8. The maximum Gasteiger partial charge on any atom is 0.321 e. The zero-order valence-electron chi connectivity index (χ0n) is 20.1. The van der Waals surface area contributed by atoms with E-state index in [1.54, 1.807) is 36.9 Å². The molecule has 1 fully saturated rings. The van der Waals surface area contributed by atoms with Gasteiger partial charge >= 0.3 is 6.03 Å². The Labute approximate surface area is 209 Å². The summed E-state index contributed by atoms with van der Waals surface area (Å²) in [4.78, 5) is 34.0. The predicted molar refractivity (Wildman–Crippen MR) is 135 cm³/mol. The molecule has 0 aliphatic carbocycles. The Balaban J connectivity index is 1.27. The van der Waals surface area contributed by atoms with Crippen molar-refractivity contribution in [2.45, 2.75) is 36.3 Å². The minimum Gasteiger partial charge on any atom is -0.493 e. The molecule has 2 aromatic rings. The summed E-state index contributed by atoms with van der Waals surface area (Å²) in [5.41, 5.74) is 1.52. The highest BCUT2D eigenvalue weighted by Gasteiger charge is 2.44. The second-order valence-corrected chi connectivity index (χ2v) is 9.33. The van der Waals surface area contributed by atoms with Gasteiger partial charge in [0.2, 0.25) is 0 Å². The monoisotopic (exact) mass is 498 g/mol.